The van der Waals surface area contributed by atoms with Gasteiger partial charge in [0.25, 0.3) is 0 Å². The van der Waals surface area contributed by atoms with Crippen molar-refractivity contribution in [2.45, 2.75) is 77.1 Å². The molecule has 2 rings (SSSR count). The highest BCUT2D eigenvalue weighted by molar-refractivity contribution is 5.68. The topological polar surface area (TPSA) is 53.6 Å². The molecule has 0 radical (unpaired) electrons. The van der Waals surface area contributed by atoms with E-state index in [4.69, 9.17) is 4.74 Å². The molecule has 0 aromatic heterocycles. The minimum atomic E-state index is -0.426. The van der Waals surface area contributed by atoms with Gasteiger partial charge in [0, 0.05) is 31.2 Å². The molecule has 2 saturated heterocycles. The monoisotopic (exact) mass is 297 g/mol. The molecule has 3 atom stereocenters. The first-order valence-electron chi connectivity index (χ1n) is 8.33. The molecule has 0 aromatic carbocycles. The summed E-state index contributed by atoms with van der Waals surface area (Å²) in [5, 5.41) is 7.16. The number of likely N-dealkylation sites (tertiary alicyclic amines) is 1. The fourth-order valence-electron chi connectivity index (χ4n) is 3.22. The van der Waals surface area contributed by atoms with Gasteiger partial charge in [-0.3, -0.25) is 0 Å². The van der Waals surface area contributed by atoms with Gasteiger partial charge in [0.2, 0.25) is 0 Å². The molecule has 5 heteroatoms. The Morgan fingerprint density at radius 2 is 2.10 bits per heavy atom. The summed E-state index contributed by atoms with van der Waals surface area (Å²) < 4.78 is 5.52. The average molecular weight is 297 g/mol. The third-order valence-corrected chi connectivity index (χ3v) is 4.40. The lowest BCUT2D eigenvalue weighted by molar-refractivity contribution is 0.00701. The number of hydrogen-bond donors (Lipinski definition) is 2. The van der Waals surface area contributed by atoms with Crippen LogP contribution in [-0.4, -0.2) is 54.4 Å². The number of amides is 1. The zero-order chi connectivity index (χ0) is 15.5. The van der Waals surface area contributed by atoms with E-state index in [0.29, 0.717) is 12.1 Å². The Bertz CT molecular complexity index is 348. The van der Waals surface area contributed by atoms with Gasteiger partial charge in [0.15, 0.2) is 0 Å². The number of carbonyl (C=O) groups is 1. The van der Waals surface area contributed by atoms with Crippen LogP contribution in [0.25, 0.3) is 0 Å². The highest BCUT2D eigenvalue weighted by Gasteiger charge is 2.33. The molecule has 2 fully saturated rings. The molecule has 2 aliphatic heterocycles. The fourth-order valence-corrected chi connectivity index (χ4v) is 3.22. The summed E-state index contributed by atoms with van der Waals surface area (Å²) in [6, 6.07) is 1.15. The maximum atomic E-state index is 12.3. The van der Waals surface area contributed by atoms with Crippen molar-refractivity contribution in [2.24, 2.45) is 0 Å². The van der Waals surface area contributed by atoms with Gasteiger partial charge in [-0.15, -0.1) is 0 Å². The minimum Gasteiger partial charge on any atom is -0.444 e. The van der Waals surface area contributed by atoms with Crippen molar-refractivity contribution < 1.29 is 9.53 Å². The Morgan fingerprint density at radius 3 is 2.71 bits per heavy atom. The standard InChI is InChI=1S/C16H31N3O2/c1-12-14(18-11-13-7-5-9-17-13)8-6-10-19(12)15(20)21-16(2,3)4/h12-14,17-18H,5-11H2,1-4H3. The van der Waals surface area contributed by atoms with Crippen LogP contribution in [-0.2, 0) is 4.74 Å². The van der Waals surface area contributed by atoms with Crippen molar-refractivity contribution in [2.75, 3.05) is 19.6 Å². The highest BCUT2D eigenvalue weighted by Crippen LogP contribution is 2.21. The van der Waals surface area contributed by atoms with Crippen LogP contribution >= 0.6 is 0 Å². The van der Waals surface area contributed by atoms with Gasteiger partial charge < -0.3 is 20.3 Å². The molecule has 0 aromatic rings. The van der Waals surface area contributed by atoms with E-state index in [1.807, 2.05) is 25.7 Å². The maximum Gasteiger partial charge on any atom is 0.410 e. The van der Waals surface area contributed by atoms with Crippen LogP contribution in [0.15, 0.2) is 0 Å². The Morgan fingerprint density at radius 1 is 1.33 bits per heavy atom. The van der Waals surface area contributed by atoms with Gasteiger partial charge in [-0.1, -0.05) is 0 Å². The predicted octanol–water partition coefficient (Wildman–Crippen LogP) is 2.12. The number of piperidine rings is 1. The third-order valence-electron chi connectivity index (χ3n) is 4.40. The van der Waals surface area contributed by atoms with E-state index in [1.165, 1.54) is 12.8 Å². The minimum absolute atomic E-state index is 0.180. The molecule has 0 bridgehead atoms. The van der Waals surface area contributed by atoms with E-state index in [-0.39, 0.29) is 12.1 Å². The van der Waals surface area contributed by atoms with E-state index in [9.17, 15) is 4.79 Å². The van der Waals surface area contributed by atoms with Crippen LogP contribution in [0.3, 0.4) is 0 Å². The molecule has 2 heterocycles. The molecule has 122 valence electrons. The summed E-state index contributed by atoms with van der Waals surface area (Å²) in [6.45, 7) is 10.8. The molecule has 3 unspecified atom stereocenters. The molecule has 0 saturated carbocycles. The van der Waals surface area contributed by atoms with Crippen LogP contribution < -0.4 is 10.6 Å². The van der Waals surface area contributed by atoms with Gasteiger partial charge in [0.1, 0.15) is 5.60 Å². The SMILES string of the molecule is CC1C(NCC2CCCN2)CCCN1C(=O)OC(C)(C)C. The lowest BCUT2D eigenvalue weighted by Crippen LogP contribution is -2.56. The molecule has 0 aliphatic carbocycles. The zero-order valence-corrected chi connectivity index (χ0v) is 13.9. The number of ether oxygens (including phenoxy) is 1. The summed E-state index contributed by atoms with van der Waals surface area (Å²) in [6.07, 6.45) is 4.52. The smallest absolute Gasteiger partial charge is 0.410 e. The van der Waals surface area contributed by atoms with Gasteiger partial charge in [-0.2, -0.15) is 0 Å². The lowest BCUT2D eigenvalue weighted by atomic mass is 9.97. The number of rotatable bonds is 3. The predicted molar refractivity (Wildman–Crippen MR) is 84.5 cm³/mol. The van der Waals surface area contributed by atoms with Gasteiger partial charge in [-0.25, -0.2) is 4.79 Å². The van der Waals surface area contributed by atoms with Gasteiger partial charge in [0.05, 0.1) is 0 Å². The quantitative estimate of drug-likeness (QED) is 0.838. The molecular weight excluding hydrogens is 266 g/mol. The van der Waals surface area contributed by atoms with Gasteiger partial charge in [-0.05, 0) is 59.9 Å². The Balaban J connectivity index is 1.84. The largest absolute Gasteiger partial charge is 0.444 e. The van der Waals surface area contributed by atoms with E-state index < -0.39 is 5.60 Å². The van der Waals surface area contributed by atoms with Crippen LogP contribution in [0.2, 0.25) is 0 Å². The Labute approximate surface area is 128 Å². The van der Waals surface area contributed by atoms with Crippen molar-refractivity contribution in [3.8, 4) is 0 Å². The fraction of sp³-hybridized carbons (Fsp3) is 0.938. The first-order chi connectivity index (χ1) is 9.87. The molecule has 5 nitrogen and oxygen atoms in total. The third kappa shape index (κ3) is 4.85. The lowest BCUT2D eigenvalue weighted by Gasteiger charge is -2.40. The normalized spacial score (nSPS) is 30.5. The maximum absolute atomic E-state index is 12.3. The molecule has 21 heavy (non-hydrogen) atoms. The van der Waals surface area contributed by atoms with Crippen molar-refractivity contribution in [1.82, 2.24) is 15.5 Å². The number of nitrogens with zero attached hydrogens (tertiary/aromatic N) is 1. The molecule has 2 aliphatic rings. The molecular formula is C16H31N3O2. The average Bonchev–Trinajstić information content (AvgIpc) is 2.88. The second-order valence-corrected chi connectivity index (χ2v) is 7.36. The molecule has 0 spiro atoms. The summed E-state index contributed by atoms with van der Waals surface area (Å²) in [7, 11) is 0. The summed E-state index contributed by atoms with van der Waals surface area (Å²) in [4.78, 5) is 14.2. The number of carbonyl (C=O) groups excluding carboxylic acids is 1. The molecule has 1 amide bonds. The van der Waals surface area contributed by atoms with Crippen LogP contribution in [0.4, 0.5) is 4.79 Å². The van der Waals surface area contributed by atoms with Crippen molar-refractivity contribution in [1.29, 1.82) is 0 Å². The van der Waals surface area contributed by atoms with E-state index in [0.717, 1.165) is 32.5 Å². The Hall–Kier alpha value is -0.810. The van der Waals surface area contributed by atoms with Crippen LogP contribution in [0, 0.1) is 0 Å². The Kier molecular flexibility index (Phi) is 5.49. The van der Waals surface area contributed by atoms with Crippen LogP contribution in [0.5, 0.6) is 0 Å². The van der Waals surface area contributed by atoms with Crippen LogP contribution in [0.1, 0.15) is 53.4 Å². The van der Waals surface area contributed by atoms with E-state index in [1.54, 1.807) is 0 Å². The zero-order valence-electron chi connectivity index (χ0n) is 13.9. The van der Waals surface area contributed by atoms with E-state index in [2.05, 4.69) is 17.6 Å². The van der Waals surface area contributed by atoms with Gasteiger partial charge >= 0.3 is 6.09 Å². The van der Waals surface area contributed by atoms with Crippen molar-refractivity contribution >= 4 is 6.09 Å². The second-order valence-electron chi connectivity index (χ2n) is 7.36. The van der Waals surface area contributed by atoms with E-state index >= 15 is 0 Å². The summed E-state index contributed by atoms with van der Waals surface area (Å²) in [5.74, 6) is 0. The first kappa shape index (κ1) is 16.6. The van der Waals surface area contributed by atoms with Crippen molar-refractivity contribution in [3.05, 3.63) is 0 Å². The summed E-state index contributed by atoms with van der Waals surface area (Å²) in [5.41, 5.74) is -0.426. The van der Waals surface area contributed by atoms with Crippen molar-refractivity contribution in [3.63, 3.8) is 0 Å². The number of hydrogen-bond acceptors (Lipinski definition) is 4. The highest BCUT2D eigenvalue weighted by atomic mass is 16.6. The molecule has 2 N–H and O–H groups in total. The second kappa shape index (κ2) is 6.97. The number of nitrogens with one attached hydrogen (secondary N) is 2. The first-order valence-corrected chi connectivity index (χ1v) is 8.33. The summed E-state index contributed by atoms with van der Waals surface area (Å²) >= 11 is 0.